The van der Waals surface area contributed by atoms with E-state index in [0.717, 1.165) is 11.3 Å². The highest BCUT2D eigenvalue weighted by molar-refractivity contribution is 5.51. The average molecular weight is 248 g/mol. The number of piperidine rings is 1. The molecule has 2 fully saturated rings. The molecule has 2 unspecified atom stereocenters. The molecule has 0 spiro atoms. The third kappa shape index (κ3) is 2.24. The summed E-state index contributed by atoms with van der Waals surface area (Å²) in [4.78, 5) is 2.59. The predicted octanol–water partition coefficient (Wildman–Crippen LogP) is 3.17. The summed E-state index contributed by atoms with van der Waals surface area (Å²) in [5, 5.41) is 3.57. The van der Waals surface area contributed by atoms with Crippen LogP contribution in [0.5, 0.6) is 0 Å². The molecule has 3 rings (SSSR count). The smallest absolute Gasteiger partial charge is 0.125 e. The summed E-state index contributed by atoms with van der Waals surface area (Å²) in [6.07, 6.45) is 5.14. The van der Waals surface area contributed by atoms with Crippen LogP contribution in [0.3, 0.4) is 0 Å². The van der Waals surface area contributed by atoms with E-state index in [9.17, 15) is 4.39 Å². The van der Waals surface area contributed by atoms with Gasteiger partial charge in [0, 0.05) is 24.3 Å². The minimum absolute atomic E-state index is 0.151. The molecule has 1 N–H and O–H groups in total. The molecule has 2 atom stereocenters. The van der Waals surface area contributed by atoms with Crippen LogP contribution in [-0.4, -0.2) is 30.1 Å². The number of anilines is 1. The van der Waals surface area contributed by atoms with Crippen molar-refractivity contribution < 1.29 is 4.39 Å². The fourth-order valence-corrected chi connectivity index (χ4v) is 3.37. The van der Waals surface area contributed by atoms with Crippen LogP contribution < -0.4 is 5.32 Å². The Morgan fingerprint density at radius 1 is 1.22 bits per heavy atom. The maximum absolute atomic E-state index is 13.3. The lowest BCUT2D eigenvalue weighted by Gasteiger charge is -2.33. The number of hydrogen-bond acceptors (Lipinski definition) is 2. The van der Waals surface area contributed by atoms with Crippen molar-refractivity contribution in [3.8, 4) is 0 Å². The maximum Gasteiger partial charge on any atom is 0.125 e. The van der Waals surface area contributed by atoms with Gasteiger partial charge in [-0.2, -0.15) is 0 Å². The minimum atomic E-state index is -0.151. The number of nitrogens with one attached hydrogen (secondary N) is 1. The van der Waals surface area contributed by atoms with Crippen LogP contribution >= 0.6 is 0 Å². The zero-order valence-corrected chi connectivity index (χ0v) is 11.0. The quantitative estimate of drug-likeness (QED) is 0.864. The molecule has 2 nitrogen and oxygen atoms in total. The van der Waals surface area contributed by atoms with Gasteiger partial charge in [0.15, 0.2) is 0 Å². The Bertz CT molecular complexity index is 433. The summed E-state index contributed by atoms with van der Waals surface area (Å²) in [5.74, 6) is -0.151. The van der Waals surface area contributed by atoms with E-state index in [0.29, 0.717) is 12.1 Å². The van der Waals surface area contributed by atoms with Crippen LogP contribution in [0.4, 0.5) is 10.1 Å². The van der Waals surface area contributed by atoms with E-state index in [4.69, 9.17) is 0 Å². The zero-order valence-electron chi connectivity index (χ0n) is 11.0. The van der Waals surface area contributed by atoms with Crippen molar-refractivity contribution in [2.24, 2.45) is 0 Å². The lowest BCUT2D eigenvalue weighted by molar-refractivity contribution is 0.192. The molecule has 0 bridgehead atoms. The summed E-state index contributed by atoms with van der Waals surface area (Å²) in [7, 11) is 0. The SMILES string of the molecule is Cc1ccc(F)cc1NC1CCN2CCCCC12. The Hall–Kier alpha value is -1.09. The highest BCUT2D eigenvalue weighted by Crippen LogP contribution is 2.30. The first-order chi connectivity index (χ1) is 8.74. The molecule has 1 aromatic rings. The lowest BCUT2D eigenvalue weighted by Crippen LogP contribution is -2.41. The normalized spacial score (nSPS) is 28.1. The van der Waals surface area contributed by atoms with Crippen molar-refractivity contribution in [3.63, 3.8) is 0 Å². The van der Waals surface area contributed by atoms with E-state index >= 15 is 0 Å². The van der Waals surface area contributed by atoms with Crippen LogP contribution in [0.2, 0.25) is 0 Å². The second kappa shape index (κ2) is 4.88. The highest BCUT2D eigenvalue weighted by Gasteiger charge is 2.35. The summed E-state index contributed by atoms with van der Waals surface area (Å²) in [6.45, 7) is 4.47. The largest absolute Gasteiger partial charge is 0.380 e. The molecule has 2 heterocycles. The molecule has 2 saturated heterocycles. The van der Waals surface area contributed by atoms with Gasteiger partial charge in [0.2, 0.25) is 0 Å². The fraction of sp³-hybridized carbons (Fsp3) is 0.600. The second-order valence-corrected chi connectivity index (χ2v) is 5.60. The predicted molar refractivity (Wildman–Crippen MR) is 72.4 cm³/mol. The first-order valence-electron chi connectivity index (χ1n) is 7.01. The molecular weight excluding hydrogens is 227 g/mol. The van der Waals surface area contributed by atoms with Crippen LogP contribution in [0.1, 0.15) is 31.2 Å². The molecule has 98 valence electrons. The number of hydrogen-bond donors (Lipinski definition) is 1. The first kappa shape index (κ1) is 12.0. The van der Waals surface area contributed by atoms with E-state index in [1.165, 1.54) is 44.8 Å². The van der Waals surface area contributed by atoms with E-state index < -0.39 is 0 Å². The summed E-state index contributed by atoms with van der Waals surface area (Å²) in [5.41, 5.74) is 2.10. The van der Waals surface area contributed by atoms with Crippen LogP contribution in [0.15, 0.2) is 18.2 Å². The van der Waals surface area contributed by atoms with E-state index in [2.05, 4.69) is 10.2 Å². The average Bonchev–Trinajstić information content (AvgIpc) is 2.78. The van der Waals surface area contributed by atoms with Gasteiger partial charge in [0.05, 0.1) is 0 Å². The summed E-state index contributed by atoms with van der Waals surface area (Å²) < 4.78 is 13.3. The van der Waals surface area contributed by atoms with Crippen molar-refractivity contribution >= 4 is 5.69 Å². The molecule has 18 heavy (non-hydrogen) atoms. The van der Waals surface area contributed by atoms with Crippen LogP contribution in [-0.2, 0) is 0 Å². The highest BCUT2D eigenvalue weighted by atomic mass is 19.1. The maximum atomic E-state index is 13.3. The molecular formula is C15H21FN2. The number of aryl methyl sites for hydroxylation is 1. The van der Waals surface area contributed by atoms with Gasteiger partial charge in [-0.05, 0) is 50.4 Å². The van der Waals surface area contributed by atoms with Gasteiger partial charge < -0.3 is 5.32 Å². The van der Waals surface area contributed by atoms with Gasteiger partial charge in [0.25, 0.3) is 0 Å². The van der Waals surface area contributed by atoms with Crippen LogP contribution in [0.25, 0.3) is 0 Å². The van der Waals surface area contributed by atoms with Crippen LogP contribution in [0, 0.1) is 12.7 Å². The molecule has 2 aliphatic rings. The fourth-order valence-electron chi connectivity index (χ4n) is 3.37. The molecule has 3 heteroatoms. The van der Waals surface area contributed by atoms with Crippen molar-refractivity contribution in [1.82, 2.24) is 4.90 Å². The third-order valence-electron chi connectivity index (χ3n) is 4.40. The van der Waals surface area contributed by atoms with E-state index in [1.807, 2.05) is 13.0 Å². The summed E-state index contributed by atoms with van der Waals surface area (Å²) >= 11 is 0. The Kier molecular flexibility index (Phi) is 3.25. The minimum Gasteiger partial charge on any atom is -0.380 e. The van der Waals surface area contributed by atoms with Gasteiger partial charge in [-0.15, -0.1) is 0 Å². The number of fused-ring (bicyclic) bond motifs is 1. The van der Waals surface area contributed by atoms with Crippen molar-refractivity contribution in [2.45, 2.75) is 44.7 Å². The Morgan fingerprint density at radius 3 is 3.00 bits per heavy atom. The second-order valence-electron chi connectivity index (χ2n) is 5.60. The van der Waals surface area contributed by atoms with E-state index in [1.54, 1.807) is 6.07 Å². The zero-order chi connectivity index (χ0) is 12.5. The summed E-state index contributed by atoms with van der Waals surface area (Å²) in [6, 6.07) is 6.15. The molecule has 0 radical (unpaired) electrons. The molecule has 0 amide bonds. The van der Waals surface area contributed by atoms with Gasteiger partial charge in [-0.25, -0.2) is 4.39 Å². The third-order valence-corrected chi connectivity index (χ3v) is 4.40. The molecule has 0 aromatic heterocycles. The number of benzene rings is 1. The van der Waals surface area contributed by atoms with Gasteiger partial charge in [-0.1, -0.05) is 12.5 Å². The standard InChI is InChI=1S/C15H21FN2/c1-11-5-6-12(16)10-14(11)17-13-7-9-18-8-3-2-4-15(13)18/h5-6,10,13,15,17H,2-4,7-9H2,1H3. The van der Waals surface area contributed by atoms with E-state index in [-0.39, 0.29) is 5.82 Å². The lowest BCUT2D eigenvalue weighted by atomic mass is 9.98. The number of rotatable bonds is 2. The van der Waals surface area contributed by atoms with Gasteiger partial charge in [0.1, 0.15) is 5.82 Å². The molecule has 2 aliphatic heterocycles. The Morgan fingerprint density at radius 2 is 2.11 bits per heavy atom. The number of nitrogens with zero attached hydrogens (tertiary/aromatic N) is 1. The van der Waals surface area contributed by atoms with Crippen molar-refractivity contribution in [1.29, 1.82) is 0 Å². The Balaban J connectivity index is 1.74. The van der Waals surface area contributed by atoms with Gasteiger partial charge in [-0.3, -0.25) is 4.90 Å². The number of halogens is 1. The monoisotopic (exact) mass is 248 g/mol. The van der Waals surface area contributed by atoms with Gasteiger partial charge >= 0.3 is 0 Å². The molecule has 0 aliphatic carbocycles. The first-order valence-corrected chi connectivity index (χ1v) is 7.01. The van der Waals surface area contributed by atoms with Crippen molar-refractivity contribution in [2.75, 3.05) is 18.4 Å². The Labute approximate surface area is 108 Å². The molecule has 0 saturated carbocycles. The molecule has 1 aromatic carbocycles. The topological polar surface area (TPSA) is 15.3 Å². The van der Waals surface area contributed by atoms with Crippen molar-refractivity contribution in [3.05, 3.63) is 29.6 Å².